The molecule has 0 bridgehead atoms. The molecule has 1 N–H and O–H groups in total. The number of nitro benzene ring substituents is 1. The Bertz CT molecular complexity index is 1610. The quantitative estimate of drug-likeness (QED) is 0.159. The summed E-state index contributed by atoms with van der Waals surface area (Å²) in [6, 6.07) is 11.6. The van der Waals surface area contributed by atoms with Gasteiger partial charge < -0.3 is 9.84 Å². The van der Waals surface area contributed by atoms with Crippen molar-refractivity contribution in [1.82, 2.24) is 8.87 Å². The van der Waals surface area contributed by atoms with E-state index in [9.17, 15) is 33.2 Å². The number of benzene rings is 2. The molecular formula is C30H35N3O8S. The average molecular weight is 598 g/mol. The molecule has 1 heterocycles. The van der Waals surface area contributed by atoms with Gasteiger partial charge in [0.15, 0.2) is 4.90 Å². The highest BCUT2D eigenvalue weighted by molar-refractivity contribution is 7.89. The fourth-order valence-corrected chi connectivity index (χ4v) is 7.35. The summed E-state index contributed by atoms with van der Waals surface area (Å²) in [7, 11) is -4.45. The lowest BCUT2D eigenvalue weighted by atomic mass is 9.81. The number of hydrogen-bond acceptors (Lipinski definition) is 8. The SMILES string of the molecule is CC(C)(C)OC(=O)n1cc(CCN([C@H]2CCC[C@H](O)[C@@H]2/C=C/C=O)S(=O)(=O)c2ccccc2[N+](=O)[O-])c2ccccc21. The third-order valence-corrected chi connectivity index (χ3v) is 9.28. The normalized spacial score (nSPS) is 19.8. The molecule has 0 radical (unpaired) electrons. The number of aliphatic hydroxyl groups is 1. The number of nitro groups is 1. The van der Waals surface area contributed by atoms with Crippen LogP contribution in [-0.2, 0) is 26.0 Å². The second-order valence-corrected chi connectivity index (χ2v) is 13.1. The summed E-state index contributed by atoms with van der Waals surface area (Å²) >= 11 is 0. The Morgan fingerprint density at radius 2 is 1.86 bits per heavy atom. The Labute approximate surface area is 244 Å². The Morgan fingerprint density at radius 3 is 2.55 bits per heavy atom. The molecule has 4 rings (SSSR count). The third-order valence-electron chi connectivity index (χ3n) is 7.30. The minimum absolute atomic E-state index is 0.0977. The van der Waals surface area contributed by atoms with E-state index in [1.807, 2.05) is 12.1 Å². The molecule has 3 aromatic rings. The second kappa shape index (κ2) is 12.6. The van der Waals surface area contributed by atoms with Gasteiger partial charge in [0.05, 0.1) is 16.5 Å². The lowest BCUT2D eigenvalue weighted by Crippen LogP contribution is -2.50. The van der Waals surface area contributed by atoms with Crippen molar-refractivity contribution in [2.24, 2.45) is 5.92 Å². The molecule has 3 atom stereocenters. The van der Waals surface area contributed by atoms with Crippen LogP contribution in [0.2, 0.25) is 0 Å². The van der Waals surface area contributed by atoms with Gasteiger partial charge in [-0.2, -0.15) is 4.31 Å². The van der Waals surface area contributed by atoms with Crippen LogP contribution in [-0.4, -0.2) is 64.0 Å². The number of carbonyl (C=O) groups is 2. The Kier molecular flexibility index (Phi) is 9.29. The van der Waals surface area contributed by atoms with Crippen LogP contribution in [0.5, 0.6) is 0 Å². The molecule has 11 nitrogen and oxygen atoms in total. The topological polar surface area (TPSA) is 149 Å². The number of fused-ring (bicyclic) bond motifs is 1. The molecule has 1 aromatic heterocycles. The summed E-state index contributed by atoms with van der Waals surface area (Å²) in [4.78, 5) is 34.7. The van der Waals surface area contributed by atoms with Crippen molar-refractivity contribution in [3.8, 4) is 0 Å². The number of aromatic nitrogens is 1. The zero-order valence-corrected chi connectivity index (χ0v) is 24.6. The molecule has 1 aliphatic rings. The summed E-state index contributed by atoms with van der Waals surface area (Å²) in [6.07, 6.45) is 4.91. The smallest absolute Gasteiger partial charge is 0.419 e. The fourth-order valence-electron chi connectivity index (χ4n) is 5.50. The second-order valence-electron chi connectivity index (χ2n) is 11.3. The average Bonchev–Trinajstić information content (AvgIpc) is 3.30. The maximum Gasteiger partial charge on any atom is 0.419 e. The zero-order valence-electron chi connectivity index (χ0n) is 23.8. The van der Waals surface area contributed by atoms with Gasteiger partial charge in [-0.25, -0.2) is 13.2 Å². The monoisotopic (exact) mass is 597 g/mol. The highest BCUT2D eigenvalue weighted by Crippen LogP contribution is 2.36. The highest BCUT2D eigenvalue weighted by atomic mass is 32.2. The summed E-state index contributed by atoms with van der Waals surface area (Å²) in [5, 5.41) is 23.4. The van der Waals surface area contributed by atoms with Gasteiger partial charge in [0.25, 0.3) is 5.69 Å². The van der Waals surface area contributed by atoms with Gasteiger partial charge in [-0.1, -0.05) is 36.4 Å². The number of nitrogens with zero attached hydrogens (tertiary/aromatic N) is 3. The van der Waals surface area contributed by atoms with Crippen LogP contribution in [0.4, 0.5) is 10.5 Å². The predicted octanol–water partition coefficient (Wildman–Crippen LogP) is 4.85. The molecule has 1 saturated carbocycles. The lowest BCUT2D eigenvalue weighted by molar-refractivity contribution is -0.387. The van der Waals surface area contributed by atoms with Crippen LogP contribution in [0.15, 0.2) is 71.8 Å². The van der Waals surface area contributed by atoms with E-state index in [-0.39, 0.29) is 13.0 Å². The van der Waals surface area contributed by atoms with Crippen molar-refractivity contribution in [2.45, 2.75) is 69.1 Å². The van der Waals surface area contributed by atoms with E-state index in [0.717, 1.165) is 11.5 Å². The van der Waals surface area contributed by atoms with Crippen molar-refractivity contribution in [2.75, 3.05) is 6.54 Å². The number of ether oxygens (including phenoxy) is 1. The van der Waals surface area contributed by atoms with Crippen molar-refractivity contribution in [1.29, 1.82) is 0 Å². The van der Waals surface area contributed by atoms with Crippen LogP contribution >= 0.6 is 0 Å². The molecule has 0 amide bonds. The van der Waals surface area contributed by atoms with Crippen molar-refractivity contribution in [3.05, 3.63) is 82.6 Å². The van der Waals surface area contributed by atoms with Gasteiger partial charge >= 0.3 is 6.09 Å². The largest absolute Gasteiger partial charge is 0.443 e. The maximum absolute atomic E-state index is 14.2. The predicted molar refractivity (Wildman–Crippen MR) is 157 cm³/mol. The summed E-state index contributed by atoms with van der Waals surface area (Å²) in [6.45, 7) is 5.19. The summed E-state index contributed by atoms with van der Waals surface area (Å²) in [5.41, 5.74) is -0.0188. The van der Waals surface area contributed by atoms with E-state index in [4.69, 9.17) is 4.74 Å². The number of hydrogen-bond donors (Lipinski definition) is 1. The first-order chi connectivity index (χ1) is 19.8. The van der Waals surface area contributed by atoms with E-state index in [0.29, 0.717) is 36.6 Å². The number of aliphatic hydroxyl groups excluding tert-OH is 1. The Morgan fingerprint density at radius 1 is 1.17 bits per heavy atom. The zero-order chi connectivity index (χ0) is 30.7. The minimum Gasteiger partial charge on any atom is -0.443 e. The summed E-state index contributed by atoms with van der Waals surface area (Å²) < 4.78 is 36.6. The third kappa shape index (κ3) is 6.61. The molecule has 0 aliphatic heterocycles. The number of aldehydes is 1. The first-order valence-corrected chi connectivity index (χ1v) is 15.2. The fraction of sp³-hybridized carbons (Fsp3) is 0.400. The number of carbonyl (C=O) groups excluding carboxylic acids is 2. The minimum atomic E-state index is -4.45. The van der Waals surface area contributed by atoms with Gasteiger partial charge in [0.2, 0.25) is 10.0 Å². The van der Waals surface area contributed by atoms with E-state index >= 15 is 0 Å². The Balaban J connectivity index is 1.79. The number of rotatable bonds is 9. The van der Waals surface area contributed by atoms with Gasteiger partial charge in [0.1, 0.15) is 11.9 Å². The van der Waals surface area contributed by atoms with Crippen LogP contribution in [0.1, 0.15) is 45.6 Å². The van der Waals surface area contributed by atoms with Crippen molar-refractivity contribution >= 4 is 39.0 Å². The molecular weight excluding hydrogens is 562 g/mol. The first kappa shape index (κ1) is 31.1. The molecule has 12 heteroatoms. The van der Waals surface area contributed by atoms with Crippen LogP contribution in [0.3, 0.4) is 0 Å². The van der Waals surface area contributed by atoms with E-state index < -0.39 is 55.3 Å². The maximum atomic E-state index is 14.2. The molecule has 224 valence electrons. The number of allylic oxidation sites excluding steroid dienone is 1. The van der Waals surface area contributed by atoms with Crippen molar-refractivity contribution < 1.29 is 32.8 Å². The molecule has 1 aliphatic carbocycles. The standard InChI is InChI=1S/C30H35N3O8S/c1-30(2,3)41-29(36)31-20-21(22-10-4-5-12-24(22)31)17-18-32(25-14-8-15-27(35)23(25)11-9-19-34)42(39,40)28-16-7-6-13-26(28)33(37)38/h4-7,9-13,16,19-20,23,25,27,35H,8,14-15,17-18H2,1-3H3/b11-9+/t23-,25+,27+/m1/s1. The van der Waals surface area contributed by atoms with E-state index in [2.05, 4.69) is 0 Å². The van der Waals surface area contributed by atoms with Gasteiger partial charge in [0, 0.05) is 36.2 Å². The van der Waals surface area contributed by atoms with E-state index in [1.165, 1.54) is 39.2 Å². The van der Waals surface area contributed by atoms with Crippen LogP contribution in [0, 0.1) is 16.0 Å². The molecule has 0 unspecified atom stereocenters. The van der Waals surface area contributed by atoms with Crippen molar-refractivity contribution in [3.63, 3.8) is 0 Å². The summed E-state index contributed by atoms with van der Waals surface area (Å²) in [5.74, 6) is -0.704. The number of para-hydroxylation sites is 2. The van der Waals surface area contributed by atoms with Gasteiger partial charge in [-0.3, -0.25) is 19.5 Å². The van der Waals surface area contributed by atoms with E-state index in [1.54, 1.807) is 39.1 Å². The molecule has 0 spiro atoms. The molecule has 1 fully saturated rings. The number of sulfonamides is 1. The van der Waals surface area contributed by atoms with Gasteiger partial charge in [-0.15, -0.1) is 0 Å². The lowest BCUT2D eigenvalue weighted by Gasteiger charge is -2.40. The highest BCUT2D eigenvalue weighted by Gasteiger charge is 2.42. The van der Waals surface area contributed by atoms with Crippen LogP contribution in [0.25, 0.3) is 10.9 Å². The Hall–Kier alpha value is -3.87. The first-order valence-electron chi connectivity index (χ1n) is 13.7. The molecule has 42 heavy (non-hydrogen) atoms. The van der Waals surface area contributed by atoms with Crippen LogP contribution < -0.4 is 0 Å². The van der Waals surface area contributed by atoms with Gasteiger partial charge in [-0.05, 0) is 70.2 Å². The molecule has 2 aromatic carbocycles. The molecule has 0 saturated heterocycles.